The molecule has 0 aliphatic carbocycles. The van der Waals surface area contributed by atoms with Crippen LogP contribution < -0.4 is 10.5 Å². The Kier molecular flexibility index (Phi) is 5.67. The van der Waals surface area contributed by atoms with Gasteiger partial charge in [0.2, 0.25) is 10.0 Å². The maximum atomic E-state index is 12.0. The van der Waals surface area contributed by atoms with E-state index in [0.29, 0.717) is 17.3 Å². The van der Waals surface area contributed by atoms with E-state index >= 15 is 0 Å². The fourth-order valence-electron chi connectivity index (χ4n) is 1.84. The van der Waals surface area contributed by atoms with Crippen molar-refractivity contribution in [1.29, 1.82) is 0 Å². The molecule has 1 saturated heterocycles. The van der Waals surface area contributed by atoms with Crippen molar-refractivity contribution in [3.8, 4) is 0 Å². The van der Waals surface area contributed by atoms with Crippen LogP contribution in [-0.4, -0.2) is 51.0 Å². The van der Waals surface area contributed by atoms with Crippen molar-refractivity contribution >= 4 is 33.1 Å². The highest BCUT2D eigenvalue weighted by atomic mass is 32.2. The lowest BCUT2D eigenvalue weighted by atomic mass is 10.4. The average molecular weight is 321 g/mol. The largest absolute Gasteiger partial charge is 0.326 e. The van der Waals surface area contributed by atoms with E-state index in [-0.39, 0.29) is 0 Å². The highest BCUT2D eigenvalue weighted by Gasteiger charge is 2.17. The standard InChI is InChI=1S/C11H19N3O2S3/c12-8-10-7-11(18-9-10)19(15,16)13-1-2-14-3-5-17-6-4-14/h7,9,13H,1-6,8,12H2. The molecule has 1 aromatic rings. The number of sulfonamides is 1. The Labute approximate surface area is 122 Å². The fraction of sp³-hybridized carbons (Fsp3) is 0.636. The molecule has 0 atom stereocenters. The zero-order chi connectivity index (χ0) is 13.7. The van der Waals surface area contributed by atoms with Crippen molar-refractivity contribution in [3.05, 3.63) is 17.0 Å². The zero-order valence-electron chi connectivity index (χ0n) is 10.7. The molecule has 0 bridgehead atoms. The third-order valence-corrected chi connectivity index (χ3v) is 6.85. The topological polar surface area (TPSA) is 75.4 Å². The number of thioether (sulfide) groups is 1. The van der Waals surface area contributed by atoms with Crippen LogP contribution in [-0.2, 0) is 16.6 Å². The summed E-state index contributed by atoms with van der Waals surface area (Å²) in [6.45, 7) is 3.70. The van der Waals surface area contributed by atoms with Crippen molar-refractivity contribution in [2.45, 2.75) is 10.8 Å². The first kappa shape index (κ1) is 15.3. The Morgan fingerprint density at radius 3 is 2.74 bits per heavy atom. The second-order valence-corrected chi connectivity index (χ2v) is 8.46. The Morgan fingerprint density at radius 2 is 2.11 bits per heavy atom. The maximum absolute atomic E-state index is 12.0. The Balaban J connectivity index is 1.83. The van der Waals surface area contributed by atoms with Crippen LogP contribution in [0.25, 0.3) is 0 Å². The Morgan fingerprint density at radius 1 is 1.37 bits per heavy atom. The van der Waals surface area contributed by atoms with E-state index in [2.05, 4.69) is 9.62 Å². The average Bonchev–Trinajstić information content (AvgIpc) is 2.89. The molecular weight excluding hydrogens is 302 g/mol. The van der Waals surface area contributed by atoms with E-state index in [1.54, 1.807) is 11.4 Å². The molecule has 1 aromatic heterocycles. The van der Waals surface area contributed by atoms with Crippen LogP contribution in [0.3, 0.4) is 0 Å². The van der Waals surface area contributed by atoms with Crippen LogP contribution in [0.15, 0.2) is 15.7 Å². The van der Waals surface area contributed by atoms with Crippen molar-refractivity contribution in [2.75, 3.05) is 37.7 Å². The highest BCUT2D eigenvalue weighted by molar-refractivity contribution is 7.99. The molecule has 0 amide bonds. The van der Waals surface area contributed by atoms with Gasteiger partial charge >= 0.3 is 0 Å². The Bertz CT molecular complexity index is 495. The smallest absolute Gasteiger partial charge is 0.250 e. The summed E-state index contributed by atoms with van der Waals surface area (Å²) < 4.78 is 27.1. The third kappa shape index (κ3) is 4.44. The van der Waals surface area contributed by atoms with E-state index in [4.69, 9.17) is 5.73 Å². The molecule has 0 unspecified atom stereocenters. The van der Waals surface area contributed by atoms with Gasteiger partial charge in [0.1, 0.15) is 4.21 Å². The zero-order valence-corrected chi connectivity index (χ0v) is 13.1. The van der Waals surface area contributed by atoms with Crippen LogP contribution >= 0.6 is 23.1 Å². The minimum absolute atomic E-state index is 0.349. The molecule has 2 heterocycles. The SMILES string of the molecule is NCc1csc(S(=O)(=O)NCCN2CCSCC2)c1. The molecule has 5 nitrogen and oxygen atoms in total. The second-order valence-electron chi connectivity index (χ2n) is 4.33. The summed E-state index contributed by atoms with van der Waals surface area (Å²) in [7, 11) is -3.37. The number of nitrogens with zero attached hydrogens (tertiary/aromatic N) is 1. The fourth-order valence-corrected chi connectivity index (χ4v) is 5.10. The van der Waals surface area contributed by atoms with Gasteiger partial charge in [0.25, 0.3) is 0 Å². The number of rotatable bonds is 6. The number of thiophene rings is 1. The summed E-state index contributed by atoms with van der Waals surface area (Å²) in [6.07, 6.45) is 0. The van der Waals surface area contributed by atoms with E-state index < -0.39 is 10.0 Å². The molecule has 0 aromatic carbocycles. The normalized spacial score (nSPS) is 17.7. The molecular formula is C11H19N3O2S3. The van der Waals surface area contributed by atoms with E-state index in [0.717, 1.165) is 36.7 Å². The van der Waals surface area contributed by atoms with Crippen LogP contribution in [0.1, 0.15) is 5.56 Å². The van der Waals surface area contributed by atoms with Crippen LogP contribution in [0, 0.1) is 0 Å². The van der Waals surface area contributed by atoms with E-state index in [1.807, 2.05) is 11.8 Å². The molecule has 1 aliphatic rings. The minimum atomic E-state index is -3.37. The van der Waals surface area contributed by atoms with E-state index in [1.165, 1.54) is 11.3 Å². The molecule has 0 spiro atoms. The first-order valence-corrected chi connectivity index (χ1v) is 9.71. The van der Waals surface area contributed by atoms with Crippen LogP contribution in [0.4, 0.5) is 0 Å². The lowest BCUT2D eigenvalue weighted by molar-refractivity contribution is 0.307. The lowest BCUT2D eigenvalue weighted by Crippen LogP contribution is -2.39. The summed E-state index contributed by atoms with van der Waals surface area (Å²) >= 11 is 3.17. The number of hydrogen-bond donors (Lipinski definition) is 2. The first-order chi connectivity index (χ1) is 9.12. The maximum Gasteiger partial charge on any atom is 0.250 e. The van der Waals surface area contributed by atoms with Gasteiger partial charge in [-0.2, -0.15) is 11.8 Å². The Hall–Kier alpha value is -0.120. The number of nitrogens with two attached hydrogens (primary N) is 1. The molecule has 1 aliphatic heterocycles. The molecule has 3 N–H and O–H groups in total. The molecule has 2 rings (SSSR count). The third-order valence-electron chi connectivity index (χ3n) is 2.95. The molecule has 8 heteroatoms. The van der Waals surface area contributed by atoms with Crippen LogP contribution in [0.5, 0.6) is 0 Å². The minimum Gasteiger partial charge on any atom is -0.326 e. The van der Waals surface area contributed by atoms with Gasteiger partial charge in [-0.05, 0) is 17.0 Å². The quantitative estimate of drug-likeness (QED) is 0.799. The summed E-state index contributed by atoms with van der Waals surface area (Å²) in [4.78, 5) is 2.29. The van der Waals surface area contributed by atoms with Gasteiger partial charge in [-0.1, -0.05) is 0 Å². The molecule has 108 valence electrons. The van der Waals surface area contributed by atoms with Crippen LogP contribution in [0.2, 0.25) is 0 Å². The molecule has 1 fully saturated rings. The predicted molar refractivity (Wildman–Crippen MR) is 81.2 cm³/mol. The summed E-state index contributed by atoms with van der Waals surface area (Å²) in [5.41, 5.74) is 6.35. The first-order valence-electron chi connectivity index (χ1n) is 6.19. The van der Waals surface area contributed by atoms with Gasteiger partial charge in [-0.25, -0.2) is 13.1 Å². The van der Waals surface area contributed by atoms with Crippen molar-refractivity contribution in [2.24, 2.45) is 5.73 Å². The molecule has 0 radical (unpaired) electrons. The molecule has 0 saturated carbocycles. The second kappa shape index (κ2) is 7.05. The van der Waals surface area contributed by atoms with Gasteiger partial charge in [0.15, 0.2) is 0 Å². The number of hydrogen-bond acceptors (Lipinski definition) is 6. The van der Waals surface area contributed by atoms with Crippen molar-refractivity contribution in [3.63, 3.8) is 0 Å². The van der Waals surface area contributed by atoms with Gasteiger partial charge in [0.05, 0.1) is 0 Å². The molecule has 19 heavy (non-hydrogen) atoms. The predicted octanol–water partition coefficient (Wildman–Crippen LogP) is 0.534. The van der Waals surface area contributed by atoms with Crippen molar-refractivity contribution in [1.82, 2.24) is 9.62 Å². The van der Waals surface area contributed by atoms with Gasteiger partial charge in [-0.15, -0.1) is 11.3 Å². The van der Waals surface area contributed by atoms with Gasteiger partial charge in [0, 0.05) is 44.2 Å². The van der Waals surface area contributed by atoms with Crippen molar-refractivity contribution < 1.29 is 8.42 Å². The summed E-state index contributed by atoms with van der Waals surface area (Å²) in [5, 5.41) is 1.79. The highest BCUT2D eigenvalue weighted by Crippen LogP contribution is 2.19. The van der Waals surface area contributed by atoms with Gasteiger partial charge in [-0.3, -0.25) is 0 Å². The lowest BCUT2D eigenvalue weighted by Gasteiger charge is -2.25. The van der Waals surface area contributed by atoms with Gasteiger partial charge < -0.3 is 10.6 Å². The summed E-state index contributed by atoms with van der Waals surface area (Å²) in [6, 6.07) is 1.64. The summed E-state index contributed by atoms with van der Waals surface area (Å²) in [5.74, 6) is 2.27. The number of nitrogens with one attached hydrogen (secondary N) is 1. The monoisotopic (exact) mass is 321 g/mol. The van der Waals surface area contributed by atoms with E-state index in [9.17, 15) is 8.42 Å².